The zero-order valence-electron chi connectivity index (χ0n) is 6.45. The second-order valence-electron chi connectivity index (χ2n) is 2.64. The molecule has 3 N–H and O–H groups in total. The van der Waals surface area contributed by atoms with Gasteiger partial charge in [0.25, 0.3) is 0 Å². The van der Waals surface area contributed by atoms with Crippen LogP contribution >= 0.6 is 11.3 Å². The fourth-order valence-corrected chi connectivity index (χ4v) is 2.25. The topological polar surface area (TPSA) is 46.2 Å². The first kappa shape index (κ1) is 7.58. The number of rotatable bonds is 1. The number of aliphatic hydroxyl groups excluding tert-OH is 1. The number of hydrogen-bond donors (Lipinski definition) is 2. The summed E-state index contributed by atoms with van der Waals surface area (Å²) in [5, 5.41) is 12.0. The lowest BCUT2D eigenvalue weighted by molar-refractivity contribution is 0.284. The quantitative estimate of drug-likeness (QED) is 0.657. The first-order valence-corrected chi connectivity index (χ1v) is 4.56. The molecule has 0 unspecified atom stereocenters. The summed E-state index contributed by atoms with van der Waals surface area (Å²) >= 11 is 1.58. The Morgan fingerprint density at radius 2 is 2.25 bits per heavy atom. The molecule has 2 nitrogen and oxygen atoms in total. The molecule has 1 aromatic carbocycles. The first-order chi connectivity index (χ1) is 5.83. The van der Waals surface area contributed by atoms with Crippen LogP contribution in [0.4, 0.5) is 5.69 Å². The summed E-state index contributed by atoms with van der Waals surface area (Å²) in [6, 6.07) is 5.76. The lowest BCUT2D eigenvalue weighted by Crippen LogP contribution is -1.84. The SMILES string of the molecule is Nc1cccc2c(CO)csc12. The maximum Gasteiger partial charge on any atom is 0.0696 e. The maximum absolute atomic E-state index is 8.98. The average molecular weight is 179 g/mol. The van der Waals surface area contributed by atoms with E-state index in [-0.39, 0.29) is 6.61 Å². The van der Waals surface area contributed by atoms with E-state index in [1.807, 2.05) is 23.6 Å². The smallest absolute Gasteiger partial charge is 0.0696 e. The fourth-order valence-electron chi connectivity index (χ4n) is 1.26. The molecule has 0 fully saturated rings. The van der Waals surface area contributed by atoms with Crippen LogP contribution in [0.3, 0.4) is 0 Å². The Morgan fingerprint density at radius 3 is 3.00 bits per heavy atom. The van der Waals surface area contributed by atoms with Crippen molar-refractivity contribution in [1.82, 2.24) is 0 Å². The highest BCUT2D eigenvalue weighted by Gasteiger charge is 2.03. The van der Waals surface area contributed by atoms with Crippen molar-refractivity contribution in [2.45, 2.75) is 6.61 Å². The predicted octanol–water partition coefficient (Wildman–Crippen LogP) is 1.98. The number of nitrogens with two attached hydrogens (primary N) is 1. The Hall–Kier alpha value is -1.06. The summed E-state index contributed by atoms with van der Waals surface area (Å²) in [4.78, 5) is 0. The van der Waals surface area contributed by atoms with Crippen LogP contribution < -0.4 is 5.73 Å². The van der Waals surface area contributed by atoms with E-state index in [4.69, 9.17) is 10.8 Å². The summed E-state index contributed by atoms with van der Waals surface area (Å²) in [6.45, 7) is 0.0868. The van der Waals surface area contributed by atoms with Crippen molar-refractivity contribution < 1.29 is 5.11 Å². The molecule has 2 rings (SSSR count). The minimum Gasteiger partial charge on any atom is -0.398 e. The molecule has 0 spiro atoms. The Balaban J connectivity index is 2.80. The van der Waals surface area contributed by atoms with Gasteiger partial charge in [0.2, 0.25) is 0 Å². The number of aliphatic hydroxyl groups is 1. The van der Waals surface area contributed by atoms with Crippen LogP contribution in [0.2, 0.25) is 0 Å². The van der Waals surface area contributed by atoms with Crippen molar-refractivity contribution in [3.8, 4) is 0 Å². The lowest BCUT2D eigenvalue weighted by Gasteiger charge is -1.95. The third-order valence-electron chi connectivity index (χ3n) is 1.88. The standard InChI is InChI=1S/C9H9NOS/c10-8-3-1-2-7-6(4-11)5-12-9(7)8/h1-3,5,11H,4,10H2. The lowest BCUT2D eigenvalue weighted by atomic mass is 10.2. The minimum atomic E-state index is 0.0868. The number of benzene rings is 1. The second kappa shape index (κ2) is 2.77. The van der Waals surface area contributed by atoms with Gasteiger partial charge < -0.3 is 10.8 Å². The van der Waals surface area contributed by atoms with Crippen molar-refractivity contribution in [3.63, 3.8) is 0 Å². The number of hydrogen-bond acceptors (Lipinski definition) is 3. The molecule has 12 heavy (non-hydrogen) atoms. The van der Waals surface area contributed by atoms with Gasteiger partial charge in [-0.3, -0.25) is 0 Å². The largest absolute Gasteiger partial charge is 0.398 e. The molecule has 0 saturated carbocycles. The highest BCUT2D eigenvalue weighted by atomic mass is 32.1. The molecule has 0 aliphatic rings. The third-order valence-corrected chi connectivity index (χ3v) is 2.97. The van der Waals surface area contributed by atoms with Crippen molar-refractivity contribution in [1.29, 1.82) is 0 Å². The minimum absolute atomic E-state index is 0.0868. The van der Waals surface area contributed by atoms with Gasteiger partial charge in [0.1, 0.15) is 0 Å². The molecule has 0 aliphatic carbocycles. The van der Waals surface area contributed by atoms with Crippen molar-refractivity contribution >= 4 is 27.1 Å². The van der Waals surface area contributed by atoms with Gasteiger partial charge in [-0.1, -0.05) is 12.1 Å². The monoisotopic (exact) mass is 179 g/mol. The Kier molecular flexibility index (Phi) is 1.75. The number of anilines is 1. The number of fused-ring (bicyclic) bond motifs is 1. The van der Waals surface area contributed by atoms with Crippen molar-refractivity contribution in [2.24, 2.45) is 0 Å². The molecule has 62 valence electrons. The Labute approximate surface area is 74.3 Å². The van der Waals surface area contributed by atoms with Crippen LogP contribution in [-0.4, -0.2) is 5.11 Å². The molecule has 0 amide bonds. The van der Waals surface area contributed by atoms with Crippen LogP contribution in [0, 0.1) is 0 Å². The van der Waals surface area contributed by atoms with Crippen LogP contribution in [0.25, 0.3) is 10.1 Å². The van der Waals surface area contributed by atoms with E-state index in [1.165, 1.54) is 0 Å². The van der Waals surface area contributed by atoms with Gasteiger partial charge in [-0.15, -0.1) is 11.3 Å². The van der Waals surface area contributed by atoms with Gasteiger partial charge >= 0.3 is 0 Å². The van der Waals surface area contributed by atoms with Crippen LogP contribution in [-0.2, 0) is 6.61 Å². The molecule has 2 aromatic rings. The molecule has 0 saturated heterocycles. The molecule has 0 aliphatic heterocycles. The summed E-state index contributed by atoms with van der Waals surface area (Å²) < 4.78 is 1.07. The zero-order valence-corrected chi connectivity index (χ0v) is 7.27. The molecule has 0 radical (unpaired) electrons. The number of nitrogen functional groups attached to an aromatic ring is 1. The van der Waals surface area contributed by atoms with E-state index in [2.05, 4.69) is 0 Å². The van der Waals surface area contributed by atoms with E-state index in [9.17, 15) is 0 Å². The van der Waals surface area contributed by atoms with Gasteiger partial charge in [-0.2, -0.15) is 0 Å². The molecule has 3 heteroatoms. The van der Waals surface area contributed by atoms with E-state index in [1.54, 1.807) is 11.3 Å². The van der Waals surface area contributed by atoms with Gasteiger partial charge in [-0.05, 0) is 17.0 Å². The molecule has 0 bridgehead atoms. The highest BCUT2D eigenvalue weighted by Crippen LogP contribution is 2.30. The zero-order chi connectivity index (χ0) is 8.55. The van der Waals surface area contributed by atoms with E-state index in [0.717, 1.165) is 21.3 Å². The maximum atomic E-state index is 8.98. The second-order valence-corrected chi connectivity index (χ2v) is 3.52. The summed E-state index contributed by atoms with van der Waals surface area (Å²) in [5.74, 6) is 0. The predicted molar refractivity (Wildman–Crippen MR) is 52.2 cm³/mol. The normalized spacial score (nSPS) is 10.8. The van der Waals surface area contributed by atoms with Gasteiger partial charge in [0, 0.05) is 11.1 Å². The van der Waals surface area contributed by atoms with E-state index in [0.29, 0.717) is 0 Å². The third kappa shape index (κ3) is 0.983. The van der Waals surface area contributed by atoms with Crippen LogP contribution in [0.1, 0.15) is 5.56 Å². The highest BCUT2D eigenvalue weighted by molar-refractivity contribution is 7.18. The Morgan fingerprint density at radius 1 is 1.42 bits per heavy atom. The van der Waals surface area contributed by atoms with E-state index < -0.39 is 0 Å². The van der Waals surface area contributed by atoms with Crippen LogP contribution in [0.15, 0.2) is 23.6 Å². The van der Waals surface area contributed by atoms with Crippen LogP contribution in [0.5, 0.6) is 0 Å². The van der Waals surface area contributed by atoms with Gasteiger partial charge in [0.05, 0.1) is 11.3 Å². The van der Waals surface area contributed by atoms with Gasteiger partial charge in [-0.25, -0.2) is 0 Å². The molecule has 0 atom stereocenters. The van der Waals surface area contributed by atoms with Gasteiger partial charge in [0.15, 0.2) is 0 Å². The fraction of sp³-hybridized carbons (Fsp3) is 0.111. The molecular formula is C9H9NOS. The van der Waals surface area contributed by atoms with Crippen molar-refractivity contribution in [2.75, 3.05) is 5.73 Å². The first-order valence-electron chi connectivity index (χ1n) is 3.68. The molecule has 1 aromatic heterocycles. The Bertz CT molecular complexity index is 408. The van der Waals surface area contributed by atoms with Crippen molar-refractivity contribution in [3.05, 3.63) is 29.1 Å². The molecule has 1 heterocycles. The molecular weight excluding hydrogens is 170 g/mol. The average Bonchev–Trinajstić information content (AvgIpc) is 2.49. The summed E-state index contributed by atoms with van der Waals surface area (Å²) in [6.07, 6.45) is 0. The number of thiophene rings is 1. The summed E-state index contributed by atoms with van der Waals surface area (Å²) in [7, 11) is 0. The van der Waals surface area contributed by atoms with E-state index >= 15 is 0 Å². The summed E-state index contributed by atoms with van der Waals surface area (Å²) in [5.41, 5.74) is 7.50.